The molecule has 0 saturated heterocycles. The number of carbonyl (C=O) groups is 6. The van der Waals surface area contributed by atoms with Crippen LogP contribution in [-0.4, -0.2) is 51.1 Å². The molecule has 0 aromatic heterocycles. The molecule has 0 spiro atoms. The van der Waals surface area contributed by atoms with Crippen LogP contribution in [0.2, 0.25) is 0 Å². The van der Waals surface area contributed by atoms with Crippen LogP contribution in [0, 0.1) is 35.6 Å². The number of hydrogen-bond acceptors (Lipinski definition) is 9. The summed E-state index contributed by atoms with van der Waals surface area (Å²) >= 11 is 0. The van der Waals surface area contributed by atoms with E-state index >= 15 is 0 Å². The van der Waals surface area contributed by atoms with Gasteiger partial charge in [0.05, 0.1) is 17.9 Å². The molecular formula is C12H9LaO12. The molecule has 0 amide bonds. The summed E-state index contributed by atoms with van der Waals surface area (Å²) in [6.45, 7) is 0. The molecule has 0 aromatic carbocycles. The van der Waals surface area contributed by atoms with Crippen LogP contribution in [0.4, 0.5) is 0 Å². The van der Waals surface area contributed by atoms with E-state index in [-0.39, 0.29) is 35.6 Å². The number of rotatable bonds is 6. The van der Waals surface area contributed by atoms with Crippen LogP contribution in [0.25, 0.3) is 0 Å². The summed E-state index contributed by atoms with van der Waals surface area (Å²) in [7, 11) is 0. The summed E-state index contributed by atoms with van der Waals surface area (Å²) in [5, 5.41) is 51.7. The Morgan fingerprint density at radius 3 is 0.760 bits per heavy atom. The zero-order chi connectivity index (χ0) is 19.7. The van der Waals surface area contributed by atoms with Crippen molar-refractivity contribution in [1.29, 1.82) is 0 Å². The molecule has 132 valence electrons. The minimum Gasteiger partial charge on any atom is -0.545 e. The Morgan fingerprint density at radius 1 is 0.480 bits per heavy atom. The van der Waals surface area contributed by atoms with Gasteiger partial charge in [0, 0.05) is 18.2 Å². The quantitative estimate of drug-likeness (QED) is 0.301. The first-order valence-electron chi connectivity index (χ1n) is 5.24. The van der Waals surface area contributed by atoms with Crippen LogP contribution in [0.15, 0.2) is 36.5 Å². The molecule has 0 aromatic rings. The molecule has 0 unspecified atom stereocenters. The van der Waals surface area contributed by atoms with Crippen molar-refractivity contribution in [2.45, 2.75) is 0 Å². The van der Waals surface area contributed by atoms with Crippen LogP contribution in [0.1, 0.15) is 0 Å². The average molecular weight is 484 g/mol. The van der Waals surface area contributed by atoms with Gasteiger partial charge in [-0.05, 0) is 18.2 Å². The van der Waals surface area contributed by atoms with E-state index < -0.39 is 35.8 Å². The maximum Gasteiger partial charge on any atom is 3.00 e. The normalized spacial score (nSPS) is 9.12. The van der Waals surface area contributed by atoms with Gasteiger partial charge in [0.15, 0.2) is 0 Å². The summed E-state index contributed by atoms with van der Waals surface area (Å²) in [6, 6.07) is 0. The molecule has 25 heavy (non-hydrogen) atoms. The third kappa shape index (κ3) is 52.5. The van der Waals surface area contributed by atoms with E-state index in [0.717, 1.165) is 0 Å². The van der Waals surface area contributed by atoms with Crippen LogP contribution >= 0.6 is 0 Å². The summed E-state index contributed by atoms with van der Waals surface area (Å²) < 4.78 is 0. The second-order valence-electron chi connectivity index (χ2n) is 2.97. The van der Waals surface area contributed by atoms with Crippen LogP contribution in [0.5, 0.6) is 0 Å². The number of hydrogen-bond donors (Lipinski definition) is 3. The van der Waals surface area contributed by atoms with Crippen molar-refractivity contribution in [1.82, 2.24) is 0 Å². The Labute approximate surface area is 167 Å². The van der Waals surface area contributed by atoms with Gasteiger partial charge < -0.3 is 45.0 Å². The molecule has 0 bridgehead atoms. The van der Waals surface area contributed by atoms with E-state index in [2.05, 4.69) is 0 Å². The Hall–Kier alpha value is -2.77. The second kappa shape index (κ2) is 19.3. The molecule has 0 radical (unpaired) electrons. The van der Waals surface area contributed by atoms with Gasteiger partial charge in [0.1, 0.15) is 0 Å². The van der Waals surface area contributed by atoms with Gasteiger partial charge in [-0.25, -0.2) is 14.4 Å². The van der Waals surface area contributed by atoms with Crippen LogP contribution in [0.3, 0.4) is 0 Å². The number of carboxylic acids is 6. The molecule has 13 heteroatoms. The predicted octanol–water partition coefficient (Wildman–Crippen LogP) is -4.87. The first-order chi connectivity index (χ1) is 10.9. The maximum atomic E-state index is 9.55. The van der Waals surface area contributed by atoms with Gasteiger partial charge >= 0.3 is 53.5 Å². The molecular weight excluding hydrogens is 475 g/mol. The molecule has 12 nitrogen and oxygen atoms in total. The SMILES string of the molecule is O=C(O)/C=C/C(=O)O.O=C([O-])/C=C/C(=O)O.O=C([O-])/C=C/C(=O)[O-].[La+3]. The van der Waals surface area contributed by atoms with Crippen molar-refractivity contribution in [2.75, 3.05) is 0 Å². The maximum absolute atomic E-state index is 9.55. The molecule has 0 aliphatic heterocycles. The van der Waals surface area contributed by atoms with Gasteiger partial charge in [0.2, 0.25) is 0 Å². The molecule has 0 aliphatic carbocycles. The van der Waals surface area contributed by atoms with E-state index in [0.29, 0.717) is 36.5 Å². The van der Waals surface area contributed by atoms with Gasteiger partial charge in [-0.1, -0.05) is 0 Å². The fourth-order valence-corrected chi connectivity index (χ4v) is 0.418. The first-order valence-corrected chi connectivity index (χ1v) is 5.24. The van der Waals surface area contributed by atoms with Gasteiger partial charge in [0.25, 0.3) is 0 Å². The van der Waals surface area contributed by atoms with E-state index in [1.54, 1.807) is 0 Å². The Bertz CT molecular complexity index is 444. The minimum atomic E-state index is -1.55. The largest absolute Gasteiger partial charge is 3.00 e. The first kappa shape index (κ1) is 30.2. The molecule has 0 heterocycles. The van der Waals surface area contributed by atoms with E-state index in [9.17, 15) is 44.1 Å². The topological polar surface area (TPSA) is 232 Å². The number of aliphatic carboxylic acids is 6. The van der Waals surface area contributed by atoms with Crippen molar-refractivity contribution in [3.05, 3.63) is 36.5 Å². The van der Waals surface area contributed by atoms with Gasteiger partial charge in [-0.15, -0.1) is 0 Å². The number of carboxylic acid groups (broad SMARTS) is 6. The van der Waals surface area contributed by atoms with Gasteiger partial charge in [-0.3, -0.25) is 0 Å². The standard InChI is InChI=1S/3C4H4O4.La/c3*5-3(6)1-2-4(7)8;/h3*1-2H,(H,5,6)(H,7,8);/q;;;+3/p-3/b3*2-1+;. The second-order valence-corrected chi connectivity index (χ2v) is 2.97. The Morgan fingerprint density at radius 2 is 0.640 bits per heavy atom. The molecule has 0 rings (SSSR count). The van der Waals surface area contributed by atoms with E-state index in [4.69, 9.17) is 15.3 Å². The summed E-state index contributed by atoms with van der Waals surface area (Å²) in [5.41, 5.74) is 0. The van der Waals surface area contributed by atoms with Gasteiger partial charge in [-0.2, -0.15) is 0 Å². The van der Waals surface area contributed by atoms with Crippen molar-refractivity contribution in [3.63, 3.8) is 0 Å². The Kier molecular flexibility index (Phi) is 23.3. The van der Waals surface area contributed by atoms with Crippen molar-refractivity contribution in [3.8, 4) is 0 Å². The minimum absolute atomic E-state index is 0. The Balaban J connectivity index is -0.000000130. The monoisotopic (exact) mass is 484 g/mol. The molecule has 0 saturated carbocycles. The summed E-state index contributed by atoms with van der Waals surface area (Å²) in [6.07, 6.45) is 2.83. The third-order valence-electron chi connectivity index (χ3n) is 1.09. The fourth-order valence-electron chi connectivity index (χ4n) is 0.418. The van der Waals surface area contributed by atoms with Crippen molar-refractivity contribution >= 4 is 35.8 Å². The molecule has 0 fully saturated rings. The number of carbonyl (C=O) groups excluding carboxylic acids is 3. The summed E-state index contributed by atoms with van der Waals surface area (Å²) in [4.78, 5) is 56.9. The summed E-state index contributed by atoms with van der Waals surface area (Å²) in [5.74, 6) is -8.41. The molecule has 0 aliphatic rings. The van der Waals surface area contributed by atoms with E-state index in [1.807, 2.05) is 0 Å². The third-order valence-corrected chi connectivity index (χ3v) is 1.09. The molecule has 0 atom stereocenters. The average Bonchev–Trinajstić information content (AvgIpc) is 2.42. The van der Waals surface area contributed by atoms with Crippen LogP contribution < -0.4 is 15.3 Å². The van der Waals surface area contributed by atoms with Crippen molar-refractivity contribution in [2.24, 2.45) is 0 Å². The smallest absolute Gasteiger partial charge is 0.545 e. The zero-order valence-corrected chi connectivity index (χ0v) is 15.7. The fraction of sp³-hybridized carbons (Fsp3) is 0. The predicted molar refractivity (Wildman–Crippen MR) is 65.3 cm³/mol. The van der Waals surface area contributed by atoms with Crippen LogP contribution in [-0.2, 0) is 28.8 Å². The molecule has 3 N–H and O–H groups in total. The van der Waals surface area contributed by atoms with Crippen molar-refractivity contribution < 1.29 is 95.0 Å². The van der Waals surface area contributed by atoms with E-state index in [1.165, 1.54) is 0 Å². The zero-order valence-electron chi connectivity index (χ0n) is 12.1.